The van der Waals surface area contributed by atoms with Crippen LogP contribution in [-0.4, -0.2) is 20.2 Å². The molecule has 0 aliphatic rings. The van der Waals surface area contributed by atoms with Crippen molar-refractivity contribution < 1.29 is 10.2 Å². The molecular weight excluding hydrogens is 324 g/mol. The van der Waals surface area contributed by atoms with Crippen LogP contribution in [0.2, 0.25) is 0 Å². The zero-order chi connectivity index (χ0) is 17.9. The van der Waals surface area contributed by atoms with Crippen LogP contribution in [-0.2, 0) is 0 Å². The second-order valence-electron chi connectivity index (χ2n) is 5.93. The first-order valence-electron chi connectivity index (χ1n) is 8.21. The van der Waals surface area contributed by atoms with Crippen LogP contribution in [0.5, 0.6) is 11.5 Å². The van der Waals surface area contributed by atoms with Crippen molar-refractivity contribution in [2.45, 2.75) is 0 Å². The molecule has 2 aromatic heterocycles. The highest BCUT2D eigenvalue weighted by atomic mass is 16.3. The molecule has 0 saturated carbocycles. The van der Waals surface area contributed by atoms with E-state index in [1.165, 1.54) is 0 Å². The Morgan fingerprint density at radius 2 is 1.42 bits per heavy atom. The Kier molecular flexibility index (Phi) is 4.07. The number of nitrogens with zero attached hydrogens (tertiary/aromatic N) is 2. The van der Waals surface area contributed by atoms with Gasteiger partial charge in [-0.1, -0.05) is 18.2 Å². The van der Waals surface area contributed by atoms with Gasteiger partial charge in [-0.2, -0.15) is 0 Å². The maximum atomic E-state index is 10.2. The van der Waals surface area contributed by atoms with Gasteiger partial charge < -0.3 is 10.2 Å². The van der Waals surface area contributed by atoms with Crippen molar-refractivity contribution in [3.05, 3.63) is 85.2 Å². The van der Waals surface area contributed by atoms with Crippen molar-refractivity contribution in [3.8, 4) is 45.1 Å². The number of aromatic hydroxyl groups is 2. The molecule has 0 bridgehead atoms. The molecule has 0 spiro atoms. The first-order valence-corrected chi connectivity index (χ1v) is 8.21. The molecule has 2 heterocycles. The second kappa shape index (κ2) is 6.69. The number of phenols is 2. The van der Waals surface area contributed by atoms with E-state index in [1.54, 1.807) is 36.7 Å². The molecule has 0 fully saturated rings. The summed E-state index contributed by atoms with van der Waals surface area (Å²) in [7, 11) is 0. The van der Waals surface area contributed by atoms with Crippen LogP contribution >= 0.6 is 0 Å². The molecule has 0 radical (unpaired) electrons. The number of pyridine rings is 2. The third kappa shape index (κ3) is 3.13. The number of hydrogen-bond acceptors (Lipinski definition) is 4. The van der Waals surface area contributed by atoms with Crippen molar-refractivity contribution in [1.82, 2.24) is 9.97 Å². The van der Waals surface area contributed by atoms with Crippen LogP contribution in [0, 0.1) is 0 Å². The van der Waals surface area contributed by atoms with E-state index in [1.807, 2.05) is 48.5 Å². The van der Waals surface area contributed by atoms with E-state index in [0.717, 1.165) is 22.4 Å². The second-order valence-corrected chi connectivity index (χ2v) is 5.93. The minimum absolute atomic E-state index is 0.181. The molecular formula is C22H16N2O2. The lowest BCUT2D eigenvalue weighted by molar-refractivity contribution is 0.475. The van der Waals surface area contributed by atoms with E-state index in [9.17, 15) is 10.2 Å². The summed E-state index contributed by atoms with van der Waals surface area (Å²) in [4.78, 5) is 8.92. The summed E-state index contributed by atoms with van der Waals surface area (Å²) < 4.78 is 0. The Hall–Kier alpha value is -3.66. The van der Waals surface area contributed by atoms with Crippen LogP contribution in [0.15, 0.2) is 85.2 Å². The number of para-hydroxylation sites is 1. The molecule has 0 aliphatic heterocycles. The van der Waals surface area contributed by atoms with Crippen molar-refractivity contribution in [1.29, 1.82) is 0 Å². The first-order chi connectivity index (χ1) is 12.7. The lowest BCUT2D eigenvalue weighted by Gasteiger charge is -2.11. The van der Waals surface area contributed by atoms with Crippen LogP contribution in [0.1, 0.15) is 0 Å². The highest BCUT2D eigenvalue weighted by Crippen LogP contribution is 2.33. The predicted molar refractivity (Wildman–Crippen MR) is 102 cm³/mol. The van der Waals surface area contributed by atoms with Crippen molar-refractivity contribution in [3.63, 3.8) is 0 Å². The van der Waals surface area contributed by atoms with Gasteiger partial charge in [0, 0.05) is 29.1 Å². The van der Waals surface area contributed by atoms with Crippen LogP contribution in [0.4, 0.5) is 0 Å². The van der Waals surface area contributed by atoms with Gasteiger partial charge in [0.25, 0.3) is 0 Å². The fourth-order valence-corrected chi connectivity index (χ4v) is 2.84. The molecule has 0 unspecified atom stereocenters. The highest BCUT2D eigenvalue weighted by molar-refractivity contribution is 5.78. The third-order valence-electron chi connectivity index (χ3n) is 4.16. The standard InChI is InChI=1S/C22H16N2O2/c25-18-9-7-15(8-10-18)20-12-17(16-4-3-11-23-14-16)13-21(24-20)19-5-1-2-6-22(19)26/h1-14,25-26H. The molecule has 0 amide bonds. The highest BCUT2D eigenvalue weighted by Gasteiger charge is 2.11. The molecule has 26 heavy (non-hydrogen) atoms. The maximum absolute atomic E-state index is 10.2. The fraction of sp³-hybridized carbons (Fsp3) is 0. The van der Waals surface area contributed by atoms with E-state index in [2.05, 4.69) is 4.98 Å². The Labute approximate surface area is 151 Å². The molecule has 4 rings (SSSR count). The van der Waals surface area contributed by atoms with Gasteiger partial charge in [0.15, 0.2) is 0 Å². The number of rotatable bonds is 3. The Balaban J connectivity index is 1.93. The lowest BCUT2D eigenvalue weighted by Crippen LogP contribution is -1.91. The topological polar surface area (TPSA) is 66.2 Å². The number of phenolic OH excluding ortho intramolecular Hbond substituents is 2. The smallest absolute Gasteiger partial charge is 0.124 e. The summed E-state index contributed by atoms with van der Waals surface area (Å²) >= 11 is 0. The summed E-state index contributed by atoms with van der Waals surface area (Å²) in [6.07, 6.45) is 3.53. The van der Waals surface area contributed by atoms with Crippen LogP contribution < -0.4 is 0 Å². The Bertz CT molecular complexity index is 1050. The zero-order valence-electron chi connectivity index (χ0n) is 13.9. The normalized spacial score (nSPS) is 10.6. The molecule has 0 atom stereocenters. The Morgan fingerprint density at radius 1 is 0.654 bits per heavy atom. The van der Waals surface area contributed by atoms with Gasteiger partial charge in [0.1, 0.15) is 11.5 Å². The average molecular weight is 340 g/mol. The fourth-order valence-electron chi connectivity index (χ4n) is 2.84. The van der Waals surface area contributed by atoms with E-state index in [-0.39, 0.29) is 11.5 Å². The van der Waals surface area contributed by atoms with Gasteiger partial charge in [-0.25, -0.2) is 4.98 Å². The maximum Gasteiger partial charge on any atom is 0.124 e. The van der Waals surface area contributed by atoms with E-state index >= 15 is 0 Å². The summed E-state index contributed by atoms with van der Waals surface area (Å²) in [5.41, 5.74) is 4.89. The van der Waals surface area contributed by atoms with Crippen LogP contribution in [0.3, 0.4) is 0 Å². The SMILES string of the molecule is Oc1ccc(-c2cc(-c3cccnc3)cc(-c3ccccc3O)n2)cc1. The van der Waals surface area contributed by atoms with Gasteiger partial charge in [-0.05, 0) is 60.2 Å². The summed E-state index contributed by atoms with van der Waals surface area (Å²) in [6.45, 7) is 0. The minimum Gasteiger partial charge on any atom is -0.508 e. The molecule has 4 aromatic rings. The third-order valence-corrected chi connectivity index (χ3v) is 4.16. The van der Waals surface area contributed by atoms with Crippen molar-refractivity contribution in [2.24, 2.45) is 0 Å². The number of hydrogen-bond donors (Lipinski definition) is 2. The minimum atomic E-state index is 0.181. The molecule has 0 saturated heterocycles. The summed E-state index contributed by atoms with van der Waals surface area (Å²) in [6, 6.07) is 21.8. The molecule has 0 aliphatic carbocycles. The van der Waals surface area contributed by atoms with Gasteiger partial charge in [-0.3, -0.25) is 4.98 Å². The van der Waals surface area contributed by atoms with Crippen molar-refractivity contribution >= 4 is 0 Å². The van der Waals surface area contributed by atoms with Crippen LogP contribution in [0.25, 0.3) is 33.6 Å². The van der Waals surface area contributed by atoms with E-state index in [4.69, 9.17) is 4.98 Å². The van der Waals surface area contributed by atoms with E-state index in [0.29, 0.717) is 11.3 Å². The van der Waals surface area contributed by atoms with Gasteiger partial charge in [0.05, 0.1) is 11.4 Å². The molecule has 126 valence electrons. The molecule has 2 aromatic carbocycles. The lowest BCUT2D eigenvalue weighted by atomic mass is 10.0. The molecule has 2 N–H and O–H groups in total. The molecule has 4 nitrogen and oxygen atoms in total. The number of aromatic nitrogens is 2. The zero-order valence-corrected chi connectivity index (χ0v) is 13.9. The van der Waals surface area contributed by atoms with Gasteiger partial charge in [0.2, 0.25) is 0 Å². The largest absolute Gasteiger partial charge is 0.508 e. The predicted octanol–water partition coefficient (Wildman–Crippen LogP) is 4.89. The summed E-state index contributed by atoms with van der Waals surface area (Å²) in [5, 5.41) is 19.8. The quantitative estimate of drug-likeness (QED) is 0.557. The van der Waals surface area contributed by atoms with Gasteiger partial charge in [-0.15, -0.1) is 0 Å². The van der Waals surface area contributed by atoms with E-state index < -0.39 is 0 Å². The van der Waals surface area contributed by atoms with Crippen molar-refractivity contribution in [2.75, 3.05) is 0 Å². The Morgan fingerprint density at radius 3 is 2.15 bits per heavy atom. The number of benzene rings is 2. The average Bonchev–Trinajstić information content (AvgIpc) is 2.69. The monoisotopic (exact) mass is 340 g/mol. The van der Waals surface area contributed by atoms with Gasteiger partial charge >= 0.3 is 0 Å². The first kappa shape index (κ1) is 15.8. The summed E-state index contributed by atoms with van der Waals surface area (Å²) in [5.74, 6) is 0.387. The molecule has 4 heteroatoms.